The van der Waals surface area contributed by atoms with Gasteiger partial charge in [-0.25, -0.2) is 14.8 Å². The summed E-state index contributed by atoms with van der Waals surface area (Å²) in [5, 5.41) is 2.85. The Morgan fingerprint density at radius 3 is 2.53 bits per heavy atom. The van der Waals surface area contributed by atoms with Gasteiger partial charge in [-0.2, -0.15) is 0 Å². The number of nitrogens with zero attached hydrogens (tertiary/aromatic N) is 3. The number of likely N-dealkylation sites (N-methyl/N-ethyl adjacent to an activating group) is 1. The zero-order valence-electron chi connectivity index (χ0n) is 20.4. The largest absolute Gasteiger partial charge is 0.460 e. The van der Waals surface area contributed by atoms with Gasteiger partial charge >= 0.3 is 5.97 Å². The van der Waals surface area contributed by atoms with Gasteiger partial charge in [0.05, 0.1) is 17.6 Å². The average molecular weight is 478 g/mol. The van der Waals surface area contributed by atoms with Gasteiger partial charge in [0.15, 0.2) is 11.3 Å². The average Bonchev–Trinajstić information content (AvgIpc) is 2.90. The predicted octanol–water partition coefficient (Wildman–Crippen LogP) is 6.26. The maximum atomic E-state index is 11.7. The van der Waals surface area contributed by atoms with Gasteiger partial charge in [-0.15, -0.1) is 0 Å². The Bertz CT molecular complexity index is 1610. The van der Waals surface area contributed by atoms with Crippen LogP contribution < -0.4 is 10.3 Å². The number of hydrogen-bond acceptors (Lipinski definition) is 6. The van der Waals surface area contributed by atoms with Crippen LogP contribution in [0.1, 0.15) is 13.8 Å². The van der Waals surface area contributed by atoms with Gasteiger partial charge in [-0.1, -0.05) is 49.0 Å². The molecule has 6 heteroatoms. The molecule has 3 aromatic rings. The van der Waals surface area contributed by atoms with Crippen molar-refractivity contribution >= 4 is 39.2 Å². The van der Waals surface area contributed by atoms with Crippen LogP contribution in [0.4, 0.5) is 11.4 Å². The lowest BCUT2D eigenvalue weighted by Gasteiger charge is -2.23. The molecule has 1 aliphatic carbocycles. The van der Waals surface area contributed by atoms with Crippen LogP contribution in [-0.4, -0.2) is 30.6 Å². The van der Waals surface area contributed by atoms with Gasteiger partial charge in [0, 0.05) is 40.7 Å². The van der Waals surface area contributed by atoms with Gasteiger partial charge in [0.2, 0.25) is 0 Å². The molecule has 0 amide bonds. The minimum absolute atomic E-state index is 0.279. The lowest BCUT2D eigenvalue weighted by molar-refractivity contribution is -0.138. The molecule has 2 aliphatic rings. The number of hydrogen-bond donors (Lipinski definition) is 0. The smallest absolute Gasteiger partial charge is 0.333 e. The highest BCUT2D eigenvalue weighted by molar-refractivity contribution is 5.96. The lowest BCUT2D eigenvalue weighted by Crippen LogP contribution is -2.28. The normalized spacial score (nSPS) is 11.8. The minimum atomic E-state index is -0.376. The van der Waals surface area contributed by atoms with Crippen LogP contribution in [0.15, 0.2) is 100 Å². The molecule has 5 rings (SSSR count). The van der Waals surface area contributed by atoms with E-state index in [1.807, 2.05) is 66.7 Å². The monoisotopic (exact) mass is 477 g/mol. The van der Waals surface area contributed by atoms with Crippen molar-refractivity contribution in [1.29, 1.82) is 0 Å². The molecule has 180 valence electrons. The van der Waals surface area contributed by atoms with Crippen molar-refractivity contribution in [2.45, 2.75) is 13.8 Å². The van der Waals surface area contributed by atoms with Gasteiger partial charge in [0.25, 0.3) is 0 Å². The molecule has 0 saturated carbocycles. The van der Waals surface area contributed by atoms with E-state index in [9.17, 15) is 4.79 Å². The summed E-state index contributed by atoms with van der Waals surface area (Å²) in [6, 6.07) is 25.9. The Labute approximate surface area is 209 Å². The number of carbonyl (C=O) groups excluding carboxylic acids is 1. The first-order valence-corrected chi connectivity index (χ1v) is 12.0. The van der Waals surface area contributed by atoms with E-state index in [1.165, 1.54) is 0 Å². The summed E-state index contributed by atoms with van der Waals surface area (Å²) in [5.41, 5.74) is 4.50. The van der Waals surface area contributed by atoms with E-state index < -0.39 is 0 Å². The van der Waals surface area contributed by atoms with Crippen LogP contribution in [0.2, 0.25) is 0 Å². The first-order chi connectivity index (χ1) is 17.5. The molecule has 36 heavy (non-hydrogen) atoms. The molecule has 0 unspecified atom stereocenters. The Kier molecular flexibility index (Phi) is 6.50. The second-order valence-corrected chi connectivity index (χ2v) is 8.60. The fraction of sp³-hybridized carbons (Fsp3) is 0.167. The van der Waals surface area contributed by atoms with E-state index >= 15 is 0 Å². The highest BCUT2D eigenvalue weighted by Crippen LogP contribution is 2.32. The van der Waals surface area contributed by atoms with E-state index in [0.29, 0.717) is 23.5 Å². The van der Waals surface area contributed by atoms with Gasteiger partial charge in [0.1, 0.15) is 17.8 Å². The number of carbonyl (C=O) groups is 1. The predicted molar refractivity (Wildman–Crippen MR) is 143 cm³/mol. The molecule has 1 aliphatic heterocycles. The second-order valence-electron chi connectivity index (χ2n) is 8.60. The Morgan fingerprint density at radius 1 is 1.03 bits per heavy atom. The fourth-order valence-corrected chi connectivity index (χ4v) is 4.20. The van der Waals surface area contributed by atoms with Crippen LogP contribution >= 0.6 is 0 Å². The molecule has 0 atom stereocenters. The minimum Gasteiger partial charge on any atom is -0.460 e. The maximum absolute atomic E-state index is 11.7. The molecular weight excluding hydrogens is 450 g/mol. The quantitative estimate of drug-likeness (QED) is 0.120. The van der Waals surface area contributed by atoms with Crippen LogP contribution in [0, 0.1) is 0 Å². The number of fused-ring (bicyclic) bond motifs is 4. The summed E-state index contributed by atoms with van der Waals surface area (Å²) < 4.78 is 11.7. The first-order valence-electron chi connectivity index (χ1n) is 12.0. The second kappa shape index (κ2) is 10.0. The molecular formula is C30H27N3O3. The first kappa shape index (κ1) is 23.3. The number of para-hydroxylation sites is 1. The summed E-state index contributed by atoms with van der Waals surface area (Å²) in [6.07, 6.45) is 0. The molecule has 0 N–H and O–H groups in total. The zero-order valence-corrected chi connectivity index (χ0v) is 20.4. The lowest BCUT2D eigenvalue weighted by atomic mass is 10.0. The number of benzene rings is 4. The highest BCUT2D eigenvalue weighted by atomic mass is 16.5. The van der Waals surface area contributed by atoms with Crippen LogP contribution in [-0.2, 0) is 9.53 Å². The summed E-state index contributed by atoms with van der Waals surface area (Å²) in [6.45, 7) is 8.92. The van der Waals surface area contributed by atoms with Crippen molar-refractivity contribution in [3.05, 3.63) is 96.4 Å². The topological polar surface area (TPSA) is 67.9 Å². The zero-order chi connectivity index (χ0) is 25.1. The van der Waals surface area contributed by atoms with Crippen molar-refractivity contribution in [2.24, 2.45) is 4.99 Å². The third-order valence-corrected chi connectivity index (χ3v) is 6.05. The number of esters is 1. The van der Waals surface area contributed by atoms with E-state index in [1.54, 1.807) is 6.92 Å². The molecule has 0 aromatic heterocycles. The van der Waals surface area contributed by atoms with Gasteiger partial charge in [-0.05, 0) is 38.1 Å². The Balaban J connectivity index is 1.57. The Hall–Kier alpha value is -4.45. The summed E-state index contributed by atoms with van der Waals surface area (Å²) >= 11 is 0. The third-order valence-electron chi connectivity index (χ3n) is 6.05. The molecule has 6 nitrogen and oxygen atoms in total. The Morgan fingerprint density at radius 2 is 1.78 bits per heavy atom. The van der Waals surface area contributed by atoms with Crippen molar-refractivity contribution < 1.29 is 13.9 Å². The summed E-state index contributed by atoms with van der Waals surface area (Å²) in [7, 11) is 0. The molecule has 0 saturated heterocycles. The van der Waals surface area contributed by atoms with Crippen molar-refractivity contribution in [3.8, 4) is 11.5 Å². The van der Waals surface area contributed by atoms with Gasteiger partial charge < -0.3 is 14.1 Å². The van der Waals surface area contributed by atoms with E-state index in [-0.39, 0.29) is 12.6 Å². The summed E-state index contributed by atoms with van der Waals surface area (Å²) in [4.78, 5) is 23.7. The molecule has 1 heterocycles. The van der Waals surface area contributed by atoms with Crippen molar-refractivity contribution in [2.75, 3.05) is 24.6 Å². The SMILES string of the molecule is C=C(C)C(=O)OCCN(CC)c1ccc2nc3c4ccccc4c(=Nc4ccccc4)cc-3oc2c1. The number of aromatic nitrogens is 1. The maximum Gasteiger partial charge on any atom is 0.333 e. The van der Waals surface area contributed by atoms with Crippen molar-refractivity contribution in [1.82, 2.24) is 4.98 Å². The van der Waals surface area contributed by atoms with Gasteiger partial charge in [-0.3, -0.25) is 0 Å². The van der Waals surface area contributed by atoms with Crippen molar-refractivity contribution in [3.63, 3.8) is 0 Å². The molecule has 0 fully saturated rings. The highest BCUT2D eigenvalue weighted by Gasteiger charge is 2.16. The van der Waals surface area contributed by atoms with Crippen LogP contribution in [0.3, 0.4) is 0 Å². The third kappa shape index (κ3) is 4.70. The number of anilines is 1. The van der Waals surface area contributed by atoms with Crippen LogP contribution in [0.25, 0.3) is 33.3 Å². The molecule has 0 bridgehead atoms. The fourth-order valence-electron chi connectivity index (χ4n) is 4.20. The molecule has 3 aromatic carbocycles. The molecule has 0 spiro atoms. The van der Waals surface area contributed by atoms with E-state index in [0.717, 1.165) is 45.3 Å². The summed E-state index contributed by atoms with van der Waals surface area (Å²) in [5.74, 6) is 0.297. The number of rotatable bonds is 7. The standard InChI is InChI=1S/C30H27N3O3/c1-4-33(16-17-35-30(34)20(2)3)22-14-15-25-27(18-22)36-28-19-26(31-21-10-6-5-7-11-21)23-12-8-9-13-24(23)29(28)32-25/h5-15,18-19H,2,4,16-17H2,1,3H3. The van der Waals surface area contributed by atoms with E-state index in [4.69, 9.17) is 19.1 Å². The van der Waals surface area contributed by atoms with Crippen LogP contribution in [0.5, 0.6) is 0 Å². The molecule has 0 radical (unpaired) electrons. The van der Waals surface area contributed by atoms with E-state index in [2.05, 4.69) is 30.5 Å². The number of ether oxygens (including phenoxy) is 1.